The summed E-state index contributed by atoms with van der Waals surface area (Å²) in [6, 6.07) is 1.01. The summed E-state index contributed by atoms with van der Waals surface area (Å²) in [5.41, 5.74) is -0.577. The van der Waals surface area contributed by atoms with Crippen LogP contribution in [-0.2, 0) is 0 Å². The Morgan fingerprint density at radius 3 is 2.82 bits per heavy atom. The van der Waals surface area contributed by atoms with Gasteiger partial charge in [0.2, 0.25) is 5.82 Å². The number of hydrogen-bond donors (Lipinski definition) is 0. The van der Waals surface area contributed by atoms with Crippen LogP contribution in [0.5, 0.6) is 0 Å². The van der Waals surface area contributed by atoms with Gasteiger partial charge in [0.05, 0.1) is 17.2 Å². The summed E-state index contributed by atoms with van der Waals surface area (Å²) in [5.74, 6) is -0.932. The predicted octanol–water partition coefficient (Wildman–Crippen LogP) is 1.89. The average molecular weight is 221 g/mol. The molecule has 0 saturated carbocycles. The van der Waals surface area contributed by atoms with Gasteiger partial charge in [-0.1, -0.05) is 0 Å². The van der Waals surface area contributed by atoms with E-state index in [4.69, 9.17) is 0 Å². The van der Waals surface area contributed by atoms with Gasteiger partial charge in [-0.15, -0.1) is 0 Å². The van der Waals surface area contributed by atoms with Crippen molar-refractivity contribution in [3.63, 3.8) is 0 Å². The number of pyridine rings is 1. The van der Waals surface area contributed by atoms with Crippen molar-refractivity contribution < 1.29 is 9.31 Å². The molecule has 1 aromatic rings. The van der Waals surface area contributed by atoms with Gasteiger partial charge in [0.15, 0.2) is 0 Å². The number of halogens is 2. The molecule has 1 rings (SSSR count). The Labute approximate surface area is 69.3 Å². The minimum atomic E-state index is -0.932. The molecule has 0 bridgehead atoms. The normalized spacial score (nSPS) is 9.64. The summed E-state index contributed by atoms with van der Waals surface area (Å²) in [7, 11) is 0. The summed E-state index contributed by atoms with van der Waals surface area (Å²) in [4.78, 5) is 12.7. The van der Waals surface area contributed by atoms with E-state index in [-0.39, 0.29) is 4.60 Å². The smallest absolute Gasteiger partial charge is 0.258 e. The molecule has 0 aromatic carbocycles. The first-order chi connectivity index (χ1) is 5.11. The maximum absolute atomic E-state index is 12.5. The zero-order chi connectivity index (χ0) is 8.43. The summed E-state index contributed by atoms with van der Waals surface area (Å²) in [6.07, 6.45) is 0.794. The Hall–Kier alpha value is -1.04. The average Bonchev–Trinajstić information content (AvgIpc) is 1.94. The summed E-state index contributed by atoms with van der Waals surface area (Å²) >= 11 is 2.88. The molecule has 0 amide bonds. The molecule has 0 aliphatic rings. The lowest BCUT2D eigenvalue weighted by Gasteiger charge is -1.92. The van der Waals surface area contributed by atoms with E-state index in [9.17, 15) is 14.5 Å². The molecule has 0 aliphatic heterocycles. The van der Waals surface area contributed by atoms with E-state index in [0.717, 1.165) is 12.3 Å². The quantitative estimate of drug-likeness (QED) is 0.413. The highest BCUT2D eigenvalue weighted by molar-refractivity contribution is 9.10. The zero-order valence-corrected chi connectivity index (χ0v) is 6.71. The first-order valence-corrected chi connectivity index (χ1v) is 3.36. The van der Waals surface area contributed by atoms with Gasteiger partial charge in [-0.05, 0) is 15.9 Å². The molecule has 1 aromatic heterocycles. The van der Waals surface area contributed by atoms with Crippen LogP contribution in [0.2, 0.25) is 0 Å². The lowest BCUT2D eigenvalue weighted by atomic mass is 10.4. The van der Waals surface area contributed by atoms with Crippen LogP contribution in [0.15, 0.2) is 16.9 Å². The fourth-order valence-electron chi connectivity index (χ4n) is 0.543. The number of rotatable bonds is 1. The van der Waals surface area contributed by atoms with Gasteiger partial charge in [0.1, 0.15) is 4.60 Å². The summed E-state index contributed by atoms with van der Waals surface area (Å²) < 4.78 is 12.7. The standard InChI is InChI=1S/C5H2BrFN2O2/c6-5-1-4(9(10)11)3(7)2-8-5/h1-2H. The monoisotopic (exact) mass is 220 g/mol. The van der Waals surface area contributed by atoms with E-state index < -0.39 is 16.4 Å². The second-order valence-electron chi connectivity index (χ2n) is 1.72. The molecular formula is C5H2BrFN2O2. The third-order valence-corrected chi connectivity index (χ3v) is 1.43. The largest absolute Gasteiger partial charge is 0.309 e. The zero-order valence-electron chi connectivity index (χ0n) is 5.12. The van der Waals surface area contributed by atoms with Crippen LogP contribution >= 0.6 is 15.9 Å². The highest BCUT2D eigenvalue weighted by Gasteiger charge is 2.13. The SMILES string of the molecule is O=[N+]([O-])c1cc(Br)ncc1F. The highest BCUT2D eigenvalue weighted by Crippen LogP contribution is 2.18. The van der Waals surface area contributed by atoms with E-state index in [1.165, 1.54) is 0 Å². The van der Waals surface area contributed by atoms with Crippen molar-refractivity contribution in [2.75, 3.05) is 0 Å². The Morgan fingerprint density at radius 1 is 1.73 bits per heavy atom. The minimum absolute atomic E-state index is 0.241. The fraction of sp³-hybridized carbons (Fsp3) is 0. The molecule has 0 N–H and O–H groups in total. The van der Waals surface area contributed by atoms with Gasteiger partial charge in [-0.25, -0.2) is 4.98 Å². The number of hydrogen-bond acceptors (Lipinski definition) is 3. The molecule has 0 fully saturated rings. The molecule has 0 spiro atoms. The van der Waals surface area contributed by atoms with Crippen LogP contribution in [0.3, 0.4) is 0 Å². The van der Waals surface area contributed by atoms with Gasteiger partial charge in [-0.2, -0.15) is 4.39 Å². The maximum atomic E-state index is 12.5. The summed E-state index contributed by atoms with van der Waals surface area (Å²) in [5, 5.41) is 10.1. The molecule has 6 heteroatoms. The number of aromatic nitrogens is 1. The van der Waals surface area contributed by atoms with Crippen molar-refractivity contribution in [2.24, 2.45) is 0 Å². The summed E-state index contributed by atoms with van der Waals surface area (Å²) in [6.45, 7) is 0. The first kappa shape index (κ1) is 8.06. The van der Waals surface area contributed by atoms with Gasteiger partial charge in [0, 0.05) is 0 Å². The highest BCUT2D eigenvalue weighted by atomic mass is 79.9. The maximum Gasteiger partial charge on any atom is 0.309 e. The van der Waals surface area contributed by atoms with Gasteiger partial charge >= 0.3 is 5.69 Å². The second kappa shape index (κ2) is 2.91. The molecule has 58 valence electrons. The van der Waals surface area contributed by atoms with Crippen molar-refractivity contribution in [2.45, 2.75) is 0 Å². The molecular weight excluding hydrogens is 219 g/mol. The lowest BCUT2D eigenvalue weighted by molar-refractivity contribution is -0.387. The molecule has 0 saturated heterocycles. The Bertz CT molecular complexity index is 305. The number of nitro groups is 1. The van der Waals surface area contributed by atoms with Gasteiger partial charge < -0.3 is 0 Å². The van der Waals surface area contributed by atoms with E-state index in [1.54, 1.807) is 0 Å². The van der Waals surface area contributed by atoms with Crippen molar-refractivity contribution in [3.8, 4) is 0 Å². The first-order valence-electron chi connectivity index (χ1n) is 2.56. The van der Waals surface area contributed by atoms with Crippen molar-refractivity contribution in [1.82, 2.24) is 4.98 Å². The van der Waals surface area contributed by atoms with E-state index in [0.29, 0.717) is 0 Å². The van der Waals surface area contributed by atoms with Crippen LogP contribution in [-0.4, -0.2) is 9.91 Å². The third kappa shape index (κ3) is 1.70. The van der Waals surface area contributed by atoms with E-state index in [1.807, 2.05) is 0 Å². The molecule has 0 aliphatic carbocycles. The molecule has 4 nitrogen and oxygen atoms in total. The van der Waals surface area contributed by atoms with Crippen molar-refractivity contribution >= 4 is 21.6 Å². The van der Waals surface area contributed by atoms with Crippen molar-refractivity contribution in [3.05, 3.63) is 32.8 Å². The van der Waals surface area contributed by atoms with Gasteiger partial charge in [-0.3, -0.25) is 10.1 Å². The van der Waals surface area contributed by atoms with Crippen LogP contribution in [0, 0.1) is 15.9 Å². The topological polar surface area (TPSA) is 56.0 Å². The third-order valence-electron chi connectivity index (χ3n) is 0.998. The van der Waals surface area contributed by atoms with Crippen molar-refractivity contribution in [1.29, 1.82) is 0 Å². The van der Waals surface area contributed by atoms with Crippen LogP contribution < -0.4 is 0 Å². The molecule has 0 unspecified atom stereocenters. The van der Waals surface area contributed by atoms with Crippen LogP contribution in [0.25, 0.3) is 0 Å². The van der Waals surface area contributed by atoms with Crippen LogP contribution in [0.1, 0.15) is 0 Å². The Balaban J connectivity index is 3.23. The van der Waals surface area contributed by atoms with E-state index >= 15 is 0 Å². The Morgan fingerprint density at radius 2 is 2.36 bits per heavy atom. The second-order valence-corrected chi connectivity index (χ2v) is 2.53. The molecule has 0 atom stereocenters. The predicted molar refractivity (Wildman–Crippen MR) is 38.5 cm³/mol. The van der Waals surface area contributed by atoms with Gasteiger partial charge in [0.25, 0.3) is 0 Å². The minimum Gasteiger partial charge on any atom is -0.258 e. The molecule has 11 heavy (non-hydrogen) atoms. The van der Waals surface area contributed by atoms with Crippen LogP contribution in [0.4, 0.5) is 10.1 Å². The molecule has 0 radical (unpaired) electrons. The number of nitrogens with zero attached hydrogens (tertiary/aromatic N) is 2. The van der Waals surface area contributed by atoms with E-state index in [2.05, 4.69) is 20.9 Å². The fourth-order valence-corrected chi connectivity index (χ4v) is 0.863. The lowest BCUT2D eigenvalue weighted by Crippen LogP contribution is -1.93. The molecule has 1 heterocycles. The Kier molecular flexibility index (Phi) is 2.13.